The number of aromatic nitrogens is 1. The normalized spacial score (nSPS) is 19.8. The molecule has 35 heavy (non-hydrogen) atoms. The molecule has 192 valence electrons. The molecule has 2 aromatic rings. The van der Waals surface area contributed by atoms with Crippen molar-refractivity contribution >= 4 is 34.2 Å². The second-order valence-electron chi connectivity index (χ2n) is 9.77. The number of benzene rings is 1. The minimum absolute atomic E-state index is 0. The van der Waals surface area contributed by atoms with Crippen LogP contribution in [0.2, 0.25) is 0 Å². The number of halogens is 2. The van der Waals surface area contributed by atoms with Crippen molar-refractivity contribution in [1.29, 1.82) is 0 Å². The third-order valence-electron chi connectivity index (χ3n) is 7.29. The van der Waals surface area contributed by atoms with Crippen LogP contribution in [0.15, 0.2) is 39.7 Å². The van der Waals surface area contributed by atoms with Gasteiger partial charge in [0.1, 0.15) is 0 Å². The second-order valence-corrected chi connectivity index (χ2v) is 10.6. The van der Waals surface area contributed by atoms with Gasteiger partial charge < -0.3 is 19.5 Å². The second kappa shape index (κ2) is 12.5. The van der Waals surface area contributed by atoms with Crippen molar-refractivity contribution < 1.29 is 9.53 Å². The van der Waals surface area contributed by atoms with Crippen LogP contribution in [0.4, 0.5) is 0 Å². The highest BCUT2D eigenvalue weighted by Gasteiger charge is 2.40. The number of pyridine rings is 1. The van der Waals surface area contributed by atoms with Crippen molar-refractivity contribution in [3.8, 4) is 0 Å². The SMILES string of the molecule is COCCCc1cc(CN(C(=O)C2CNCCC2c2ccn(C)c(=O)c2)C2CC2)cc(Br)c1C.Cl. The third-order valence-corrected chi connectivity index (χ3v) is 8.11. The molecule has 0 radical (unpaired) electrons. The van der Waals surface area contributed by atoms with Crippen LogP contribution in [-0.4, -0.2) is 48.2 Å². The fourth-order valence-corrected chi connectivity index (χ4v) is 5.60. The lowest BCUT2D eigenvalue weighted by Crippen LogP contribution is -2.47. The van der Waals surface area contributed by atoms with Gasteiger partial charge in [-0.3, -0.25) is 9.59 Å². The molecule has 1 aliphatic carbocycles. The van der Waals surface area contributed by atoms with Crippen molar-refractivity contribution in [2.75, 3.05) is 26.8 Å². The van der Waals surface area contributed by atoms with E-state index >= 15 is 0 Å². The zero-order valence-electron chi connectivity index (χ0n) is 20.9. The number of ether oxygens (including phenoxy) is 1. The Morgan fingerprint density at radius 1 is 1.26 bits per heavy atom. The molecule has 1 aliphatic heterocycles. The highest BCUT2D eigenvalue weighted by molar-refractivity contribution is 9.10. The number of nitrogens with zero attached hydrogens (tertiary/aromatic N) is 2. The monoisotopic (exact) mass is 565 g/mol. The average molecular weight is 567 g/mol. The van der Waals surface area contributed by atoms with Crippen LogP contribution in [-0.2, 0) is 29.5 Å². The van der Waals surface area contributed by atoms with E-state index in [0.717, 1.165) is 55.3 Å². The average Bonchev–Trinajstić information content (AvgIpc) is 3.67. The summed E-state index contributed by atoms with van der Waals surface area (Å²) in [5.41, 5.74) is 4.69. The third kappa shape index (κ3) is 6.76. The first-order valence-corrected chi connectivity index (χ1v) is 13.1. The van der Waals surface area contributed by atoms with Gasteiger partial charge in [-0.2, -0.15) is 0 Å². The molecule has 6 nitrogen and oxygen atoms in total. The summed E-state index contributed by atoms with van der Waals surface area (Å²) in [6.07, 6.45) is 6.74. The zero-order valence-corrected chi connectivity index (χ0v) is 23.3. The Hall–Kier alpha value is -1.67. The van der Waals surface area contributed by atoms with Gasteiger partial charge in [-0.1, -0.05) is 22.0 Å². The summed E-state index contributed by atoms with van der Waals surface area (Å²) in [6, 6.07) is 8.45. The van der Waals surface area contributed by atoms with Crippen LogP contribution < -0.4 is 10.9 Å². The van der Waals surface area contributed by atoms with Gasteiger partial charge in [0.2, 0.25) is 5.91 Å². The number of rotatable bonds is 9. The minimum Gasteiger partial charge on any atom is -0.385 e. The summed E-state index contributed by atoms with van der Waals surface area (Å²) in [7, 11) is 3.49. The van der Waals surface area contributed by atoms with Gasteiger partial charge in [0, 0.05) is 56.6 Å². The van der Waals surface area contributed by atoms with Gasteiger partial charge in [-0.25, -0.2) is 0 Å². The van der Waals surface area contributed by atoms with Crippen LogP contribution in [0.5, 0.6) is 0 Å². The van der Waals surface area contributed by atoms with E-state index in [9.17, 15) is 9.59 Å². The smallest absolute Gasteiger partial charge is 0.250 e. The minimum atomic E-state index is -0.156. The predicted octanol–water partition coefficient (Wildman–Crippen LogP) is 4.34. The Balaban J connectivity index is 0.00000342. The maximum Gasteiger partial charge on any atom is 0.250 e. The molecule has 1 saturated heterocycles. The van der Waals surface area contributed by atoms with E-state index in [0.29, 0.717) is 19.1 Å². The molecule has 8 heteroatoms. The molecule has 0 bridgehead atoms. The van der Waals surface area contributed by atoms with Gasteiger partial charge in [0.15, 0.2) is 0 Å². The van der Waals surface area contributed by atoms with Gasteiger partial charge in [-0.15, -0.1) is 12.4 Å². The molecule has 2 atom stereocenters. The van der Waals surface area contributed by atoms with Crippen molar-refractivity contribution in [1.82, 2.24) is 14.8 Å². The maximum absolute atomic E-state index is 13.9. The molecule has 1 aromatic heterocycles. The first-order valence-electron chi connectivity index (χ1n) is 12.3. The van der Waals surface area contributed by atoms with Crippen molar-refractivity contribution in [2.45, 2.75) is 57.5 Å². The molecule has 1 amide bonds. The van der Waals surface area contributed by atoms with E-state index in [1.54, 1.807) is 24.8 Å². The van der Waals surface area contributed by atoms with Crippen molar-refractivity contribution in [3.05, 3.63) is 67.5 Å². The summed E-state index contributed by atoms with van der Waals surface area (Å²) in [4.78, 5) is 28.3. The quantitative estimate of drug-likeness (QED) is 0.459. The summed E-state index contributed by atoms with van der Waals surface area (Å²) in [5, 5.41) is 3.42. The maximum atomic E-state index is 13.9. The molecular weight excluding hydrogens is 530 g/mol. The highest BCUT2D eigenvalue weighted by atomic mass is 79.9. The van der Waals surface area contributed by atoms with E-state index < -0.39 is 0 Å². The Morgan fingerprint density at radius 3 is 2.71 bits per heavy atom. The lowest BCUT2D eigenvalue weighted by Gasteiger charge is -2.36. The zero-order chi connectivity index (χ0) is 24.2. The molecule has 2 aliphatic rings. The highest BCUT2D eigenvalue weighted by Crippen LogP contribution is 2.36. The molecule has 2 fully saturated rings. The summed E-state index contributed by atoms with van der Waals surface area (Å²) in [5.74, 6) is 0.118. The number of hydrogen-bond acceptors (Lipinski definition) is 4. The summed E-state index contributed by atoms with van der Waals surface area (Å²) < 4.78 is 7.91. The Labute approximate surface area is 223 Å². The fourth-order valence-electron chi connectivity index (χ4n) is 5.05. The lowest BCUT2D eigenvalue weighted by molar-refractivity contribution is -0.138. The standard InChI is InChI=1S/C27H36BrN3O3.ClH/c1-18-20(5-4-12-34-3)13-19(14-25(18)28)17-31(22-6-7-22)27(33)24-16-29-10-8-23(24)21-9-11-30(2)26(32)15-21;/h9,11,13-15,22-24,29H,4-8,10,12,16-17H2,1-3H3;1H. The number of amides is 1. The van der Waals surface area contributed by atoms with E-state index in [-0.39, 0.29) is 35.7 Å². The molecule has 1 saturated carbocycles. The molecule has 2 unspecified atom stereocenters. The number of piperidine rings is 1. The number of aryl methyl sites for hydroxylation is 2. The first-order chi connectivity index (χ1) is 16.4. The Bertz CT molecular complexity index is 1090. The van der Waals surface area contributed by atoms with Crippen molar-refractivity contribution in [2.24, 2.45) is 13.0 Å². The molecule has 4 rings (SSSR count). The lowest BCUT2D eigenvalue weighted by atomic mass is 9.80. The number of nitrogens with one attached hydrogen (secondary N) is 1. The van der Waals surface area contributed by atoms with E-state index in [2.05, 4.69) is 45.2 Å². The van der Waals surface area contributed by atoms with E-state index in [4.69, 9.17) is 4.74 Å². The van der Waals surface area contributed by atoms with Crippen LogP contribution in [0.1, 0.15) is 53.9 Å². The van der Waals surface area contributed by atoms with Crippen LogP contribution in [0, 0.1) is 12.8 Å². The number of hydrogen-bond donors (Lipinski definition) is 1. The summed E-state index contributed by atoms with van der Waals surface area (Å²) >= 11 is 3.74. The Kier molecular flexibility index (Phi) is 9.99. The number of carbonyl (C=O) groups excluding carboxylic acids is 1. The molecular formula is C27H37BrClN3O3. The summed E-state index contributed by atoms with van der Waals surface area (Å²) in [6.45, 7) is 5.03. The van der Waals surface area contributed by atoms with Gasteiger partial charge >= 0.3 is 0 Å². The number of methoxy groups -OCH3 is 1. The van der Waals surface area contributed by atoms with Gasteiger partial charge in [-0.05, 0) is 85.9 Å². The van der Waals surface area contributed by atoms with Crippen LogP contribution in [0.3, 0.4) is 0 Å². The topological polar surface area (TPSA) is 63.6 Å². The van der Waals surface area contributed by atoms with Gasteiger partial charge in [0.05, 0.1) is 5.92 Å². The van der Waals surface area contributed by atoms with Gasteiger partial charge in [0.25, 0.3) is 5.56 Å². The van der Waals surface area contributed by atoms with Crippen LogP contribution in [0.25, 0.3) is 0 Å². The predicted molar refractivity (Wildman–Crippen MR) is 145 cm³/mol. The molecule has 1 N–H and O–H groups in total. The molecule has 2 heterocycles. The van der Waals surface area contributed by atoms with Crippen LogP contribution >= 0.6 is 28.3 Å². The Morgan fingerprint density at radius 2 is 2.03 bits per heavy atom. The van der Waals surface area contributed by atoms with E-state index in [1.165, 1.54) is 16.7 Å². The van der Waals surface area contributed by atoms with Crippen molar-refractivity contribution in [3.63, 3.8) is 0 Å². The first kappa shape index (κ1) is 27.9. The number of carbonyl (C=O) groups is 1. The molecule has 0 spiro atoms. The van der Waals surface area contributed by atoms with E-state index in [1.807, 2.05) is 12.3 Å². The molecule has 1 aromatic carbocycles. The fraction of sp³-hybridized carbons (Fsp3) is 0.556. The largest absolute Gasteiger partial charge is 0.385 e.